The van der Waals surface area contributed by atoms with Gasteiger partial charge in [0.25, 0.3) is 0 Å². The Hall–Kier alpha value is -1.49. The van der Waals surface area contributed by atoms with Gasteiger partial charge in [-0.1, -0.05) is 21.9 Å². The van der Waals surface area contributed by atoms with Crippen molar-refractivity contribution in [3.8, 4) is 24.2 Å². The lowest BCUT2D eigenvalue weighted by molar-refractivity contribution is 0.413. The van der Waals surface area contributed by atoms with E-state index in [1.807, 2.05) is 18.2 Å². The minimum absolute atomic E-state index is 0.349. The summed E-state index contributed by atoms with van der Waals surface area (Å²) in [5.41, 5.74) is 0.817. The highest BCUT2D eigenvalue weighted by atomic mass is 79.9. The third kappa shape index (κ3) is 3.00. The predicted molar refractivity (Wildman–Crippen MR) is 65.9 cm³/mol. The molecule has 0 fully saturated rings. The molecule has 1 atom stereocenters. The van der Waals surface area contributed by atoms with E-state index >= 15 is 0 Å². The SMILES string of the molecule is C#CCNC(C#N)c1cc(OC)ccc1Br. The Kier molecular flexibility index (Phi) is 4.85. The van der Waals surface area contributed by atoms with Crippen LogP contribution in [0.5, 0.6) is 5.75 Å². The number of halogens is 1. The second-order valence-corrected chi connectivity index (χ2v) is 3.89. The van der Waals surface area contributed by atoms with Crippen molar-refractivity contribution in [1.29, 1.82) is 5.26 Å². The molecule has 82 valence electrons. The maximum absolute atomic E-state index is 9.05. The van der Waals surface area contributed by atoms with Crippen molar-refractivity contribution in [1.82, 2.24) is 5.32 Å². The number of hydrogen-bond acceptors (Lipinski definition) is 3. The average Bonchev–Trinajstić information content (AvgIpc) is 2.32. The molecular formula is C12H11BrN2O. The molecular weight excluding hydrogens is 268 g/mol. The summed E-state index contributed by atoms with van der Waals surface area (Å²) in [6.07, 6.45) is 5.15. The number of nitriles is 1. The Morgan fingerprint density at radius 1 is 1.62 bits per heavy atom. The molecule has 1 aromatic rings. The van der Waals surface area contributed by atoms with Gasteiger partial charge < -0.3 is 4.74 Å². The van der Waals surface area contributed by atoms with Gasteiger partial charge in [0.05, 0.1) is 19.7 Å². The van der Waals surface area contributed by atoms with E-state index in [0.29, 0.717) is 12.3 Å². The van der Waals surface area contributed by atoms with Crippen LogP contribution in [0.3, 0.4) is 0 Å². The van der Waals surface area contributed by atoms with Crippen LogP contribution in [0.1, 0.15) is 11.6 Å². The van der Waals surface area contributed by atoms with Crippen LogP contribution in [0.4, 0.5) is 0 Å². The summed E-state index contributed by atoms with van der Waals surface area (Å²) >= 11 is 3.39. The highest BCUT2D eigenvalue weighted by molar-refractivity contribution is 9.10. The van der Waals surface area contributed by atoms with E-state index in [-0.39, 0.29) is 0 Å². The predicted octanol–water partition coefficient (Wildman–Crippen LogP) is 2.25. The second kappa shape index (κ2) is 6.17. The molecule has 1 rings (SSSR count). The van der Waals surface area contributed by atoms with Crippen molar-refractivity contribution < 1.29 is 4.74 Å². The standard InChI is InChI=1S/C12H11BrN2O/c1-3-6-15-12(8-14)10-7-9(16-2)4-5-11(10)13/h1,4-5,7,12,15H,6H2,2H3. The fourth-order valence-electron chi connectivity index (χ4n) is 1.26. The molecule has 1 aromatic carbocycles. The number of nitrogens with one attached hydrogen (secondary N) is 1. The van der Waals surface area contributed by atoms with Gasteiger partial charge >= 0.3 is 0 Å². The van der Waals surface area contributed by atoms with Crippen LogP contribution in [-0.4, -0.2) is 13.7 Å². The third-order valence-corrected chi connectivity index (χ3v) is 2.77. The third-order valence-electron chi connectivity index (χ3n) is 2.05. The molecule has 0 spiro atoms. The Morgan fingerprint density at radius 2 is 2.38 bits per heavy atom. The van der Waals surface area contributed by atoms with Crippen molar-refractivity contribution >= 4 is 15.9 Å². The van der Waals surface area contributed by atoms with Gasteiger partial charge in [0, 0.05) is 10.0 Å². The lowest BCUT2D eigenvalue weighted by atomic mass is 10.1. The van der Waals surface area contributed by atoms with Crippen LogP contribution in [0.15, 0.2) is 22.7 Å². The number of ether oxygens (including phenoxy) is 1. The first-order valence-electron chi connectivity index (χ1n) is 4.62. The maximum Gasteiger partial charge on any atom is 0.123 e. The molecule has 0 aromatic heterocycles. The molecule has 0 aliphatic heterocycles. The molecule has 0 saturated heterocycles. The van der Waals surface area contributed by atoms with Crippen molar-refractivity contribution in [3.63, 3.8) is 0 Å². The molecule has 0 bridgehead atoms. The van der Waals surface area contributed by atoms with Crippen LogP contribution in [-0.2, 0) is 0 Å². The zero-order valence-electron chi connectivity index (χ0n) is 8.83. The average molecular weight is 279 g/mol. The molecule has 1 unspecified atom stereocenters. The zero-order chi connectivity index (χ0) is 12.0. The second-order valence-electron chi connectivity index (χ2n) is 3.03. The largest absolute Gasteiger partial charge is 0.497 e. The van der Waals surface area contributed by atoms with Crippen LogP contribution in [0, 0.1) is 23.7 Å². The molecule has 0 amide bonds. The number of nitrogens with zero attached hydrogens (tertiary/aromatic N) is 1. The van der Waals surface area contributed by atoms with Gasteiger partial charge in [0.1, 0.15) is 11.8 Å². The summed E-state index contributed by atoms with van der Waals surface area (Å²) in [5, 5.41) is 12.0. The Bertz CT molecular complexity index is 445. The highest BCUT2D eigenvalue weighted by Gasteiger charge is 2.13. The van der Waals surface area contributed by atoms with Crippen LogP contribution in [0.2, 0.25) is 0 Å². The quantitative estimate of drug-likeness (QED) is 0.860. The van der Waals surface area contributed by atoms with E-state index < -0.39 is 6.04 Å². The molecule has 1 N–H and O–H groups in total. The number of hydrogen-bond donors (Lipinski definition) is 1. The summed E-state index contributed by atoms with van der Waals surface area (Å²) in [4.78, 5) is 0. The van der Waals surface area contributed by atoms with Gasteiger partial charge in [0.2, 0.25) is 0 Å². The lowest BCUT2D eigenvalue weighted by Crippen LogP contribution is -2.20. The van der Waals surface area contributed by atoms with Gasteiger partial charge in [-0.05, 0) is 18.2 Å². The number of terminal acetylenes is 1. The molecule has 4 heteroatoms. The molecule has 16 heavy (non-hydrogen) atoms. The highest BCUT2D eigenvalue weighted by Crippen LogP contribution is 2.27. The van der Waals surface area contributed by atoms with Gasteiger partial charge in [-0.3, -0.25) is 5.32 Å². The number of benzene rings is 1. The van der Waals surface area contributed by atoms with E-state index in [4.69, 9.17) is 16.4 Å². The molecule has 0 radical (unpaired) electrons. The van der Waals surface area contributed by atoms with E-state index in [1.165, 1.54) is 0 Å². The normalized spacial score (nSPS) is 11.2. The van der Waals surface area contributed by atoms with E-state index in [9.17, 15) is 0 Å². The summed E-state index contributed by atoms with van der Waals surface area (Å²) < 4.78 is 5.96. The van der Waals surface area contributed by atoms with Gasteiger partial charge in [-0.15, -0.1) is 6.42 Å². The summed E-state index contributed by atoms with van der Waals surface area (Å²) in [5.74, 6) is 3.15. The summed E-state index contributed by atoms with van der Waals surface area (Å²) in [6.45, 7) is 0.349. The van der Waals surface area contributed by atoms with E-state index in [1.54, 1.807) is 7.11 Å². The topological polar surface area (TPSA) is 45.0 Å². The van der Waals surface area contributed by atoms with Crippen molar-refractivity contribution in [2.45, 2.75) is 6.04 Å². The fourth-order valence-corrected chi connectivity index (χ4v) is 1.73. The molecule has 0 aliphatic carbocycles. The van der Waals surface area contributed by atoms with Gasteiger partial charge in [-0.2, -0.15) is 5.26 Å². The summed E-state index contributed by atoms with van der Waals surface area (Å²) in [7, 11) is 1.59. The zero-order valence-corrected chi connectivity index (χ0v) is 10.4. The smallest absolute Gasteiger partial charge is 0.123 e. The number of rotatable bonds is 4. The first kappa shape index (κ1) is 12.6. The lowest BCUT2D eigenvalue weighted by Gasteiger charge is -2.13. The first-order chi connectivity index (χ1) is 7.72. The Balaban J connectivity index is 3.00. The van der Waals surface area contributed by atoms with Crippen molar-refractivity contribution in [2.24, 2.45) is 0 Å². The number of methoxy groups -OCH3 is 1. The molecule has 3 nitrogen and oxygen atoms in total. The van der Waals surface area contributed by atoms with Crippen molar-refractivity contribution in [3.05, 3.63) is 28.2 Å². The molecule has 0 aliphatic rings. The van der Waals surface area contributed by atoms with Crippen molar-refractivity contribution in [2.75, 3.05) is 13.7 Å². The van der Waals surface area contributed by atoms with Crippen LogP contribution in [0.25, 0.3) is 0 Å². The summed E-state index contributed by atoms with van der Waals surface area (Å²) in [6, 6.07) is 7.18. The van der Waals surface area contributed by atoms with Crippen LogP contribution >= 0.6 is 15.9 Å². The molecule has 0 heterocycles. The molecule has 0 saturated carbocycles. The Labute approximate surface area is 104 Å². The van der Waals surface area contributed by atoms with Crippen LogP contribution < -0.4 is 10.1 Å². The van der Waals surface area contributed by atoms with E-state index in [2.05, 4.69) is 33.2 Å². The Morgan fingerprint density at radius 3 is 2.94 bits per heavy atom. The first-order valence-corrected chi connectivity index (χ1v) is 5.42. The fraction of sp³-hybridized carbons (Fsp3) is 0.250. The monoisotopic (exact) mass is 278 g/mol. The minimum atomic E-state index is -0.444. The minimum Gasteiger partial charge on any atom is -0.497 e. The maximum atomic E-state index is 9.05. The van der Waals surface area contributed by atoms with E-state index in [0.717, 1.165) is 10.0 Å². The van der Waals surface area contributed by atoms with Gasteiger partial charge in [0.15, 0.2) is 0 Å². The van der Waals surface area contributed by atoms with Gasteiger partial charge in [-0.25, -0.2) is 0 Å².